The van der Waals surface area contributed by atoms with Gasteiger partial charge in [0.05, 0.1) is 12.0 Å². The molecule has 1 aromatic heterocycles. The van der Waals surface area contributed by atoms with Crippen molar-refractivity contribution in [3.8, 4) is 10.4 Å². The number of hydrogen-bond donors (Lipinski definition) is 0. The number of benzene rings is 1. The van der Waals surface area contributed by atoms with Gasteiger partial charge in [0.25, 0.3) is 0 Å². The first-order valence-electron chi connectivity index (χ1n) is 4.42. The summed E-state index contributed by atoms with van der Waals surface area (Å²) in [5, 5.41) is 2.00. The van der Waals surface area contributed by atoms with Crippen molar-refractivity contribution in [3.63, 3.8) is 0 Å². The molecule has 4 heteroatoms. The Kier molecular flexibility index (Phi) is 3.30. The molecular weight excluding hydrogens is 228 g/mol. The molecule has 15 heavy (non-hydrogen) atoms. The monoisotopic (exact) mass is 238 g/mol. The second kappa shape index (κ2) is 4.70. The lowest BCUT2D eigenvalue weighted by Gasteiger charge is -2.05. The Hall–Kier alpha value is -0.970. The van der Waals surface area contributed by atoms with E-state index in [-0.39, 0.29) is 0 Å². The fourth-order valence-corrected chi connectivity index (χ4v) is 2.89. The van der Waals surface area contributed by atoms with E-state index in [1.807, 2.05) is 41.8 Å². The quantitative estimate of drug-likeness (QED) is 0.821. The molecule has 0 saturated carbocycles. The van der Waals surface area contributed by atoms with Gasteiger partial charge < -0.3 is 0 Å². The fraction of sp³-hybridized carbons (Fsp3) is 0.0909. The first-order valence-corrected chi connectivity index (χ1v) is 6.37. The minimum atomic E-state index is -1.38. The third-order valence-electron chi connectivity index (χ3n) is 2.00. The van der Waals surface area contributed by atoms with E-state index in [9.17, 15) is 4.21 Å². The van der Waals surface area contributed by atoms with E-state index in [4.69, 9.17) is 4.18 Å². The van der Waals surface area contributed by atoms with Crippen LogP contribution in [0.5, 0.6) is 0 Å². The Balaban J connectivity index is 2.52. The van der Waals surface area contributed by atoms with Crippen LogP contribution in [0, 0.1) is 0 Å². The van der Waals surface area contributed by atoms with E-state index in [2.05, 4.69) is 0 Å². The van der Waals surface area contributed by atoms with Crippen LogP contribution in [-0.4, -0.2) is 11.3 Å². The van der Waals surface area contributed by atoms with Crippen LogP contribution in [0.2, 0.25) is 0 Å². The predicted molar refractivity (Wildman–Crippen MR) is 63.2 cm³/mol. The molecule has 2 rings (SSSR count). The summed E-state index contributed by atoms with van der Waals surface area (Å²) in [4.78, 5) is 1.83. The molecule has 0 fully saturated rings. The molecule has 0 bridgehead atoms. The van der Waals surface area contributed by atoms with Gasteiger partial charge in [0.2, 0.25) is 0 Å². The van der Waals surface area contributed by atoms with E-state index in [0.717, 1.165) is 15.3 Å². The van der Waals surface area contributed by atoms with Crippen molar-refractivity contribution in [2.24, 2.45) is 0 Å². The van der Waals surface area contributed by atoms with Gasteiger partial charge in [-0.25, -0.2) is 4.21 Å². The summed E-state index contributed by atoms with van der Waals surface area (Å²) in [5.74, 6) is 0. The van der Waals surface area contributed by atoms with Crippen molar-refractivity contribution >= 4 is 22.4 Å². The molecule has 0 N–H and O–H groups in total. The minimum absolute atomic E-state index is 0.724. The summed E-state index contributed by atoms with van der Waals surface area (Å²) < 4.78 is 16.5. The van der Waals surface area contributed by atoms with Crippen molar-refractivity contribution in [2.45, 2.75) is 4.90 Å². The summed E-state index contributed by atoms with van der Waals surface area (Å²) in [7, 11) is 1.45. The van der Waals surface area contributed by atoms with Gasteiger partial charge in [-0.1, -0.05) is 24.3 Å². The average molecular weight is 238 g/mol. The van der Waals surface area contributed by atoms with Crippen molar-refractivity contribution < 1.29 is 8.39 Å². The SMILES string of the molecule is COS(=O)c1ccccc1-c1cccs1. The van der Waals surface area contributed by atoms with Crippen molar-refractivity contribution in [1.29, 1.82) is 0 Å². The van der Waals surface area contributed by atoms with Crippen molar-refractivity contribution in [3.05, 3.63) is 41.8 Å². The lowest BCUT2D eigenvalue weighted by atomic mass is 10.2. The molecule has 2 aromatic rings. The van der Waals surface area contributed by atoms with Gasteiger partial charge in [-0.3, -0.25) is 4.18 Å². The van der Waals surface area contributed by atoms with E-state index in [0.29, 0.717) is 0 Å². The largest absolute Gasteiger partial charge is 0.290 e. The van der Waals surface area contributed by atoms with Crippen LogP contribution in [0.4, 0.5) is 0 Å². The van der Waals surface area contributed by atoms with Gasteiger partial charge in [-0.15, -0.1) is 11.3 Å². The summed E-state index contributed by atoms with van der Waals surface area (Å²) >= 11 is 0.248. The van der Waals surface area contributed by atoms with Crippen LogP contribution in [0.1, 0.15) is 0 Å². The van der Waals surface area contributed by atoms with Gasteiger partial charge in [-0.05, 0) is 17.5 Å². The first kappa shape index (κ1) is 10.5. The normalized spacial score (nSPS) is 12.6. The van der Waals surface area contributed by atoms with Crippen LogP contribution in [0.25, 0.3) is 10.4 Å². The Bertz CT molecular complexity index is 463. The van der Waals surface area contributed by atoms with Gasteiger partial charge in [0, 0.05) is 10.4 Å². The summed E-state index contributed by atoms with van der Waals surface area (Å²) in [6, 6.07) is 11.6. The molecule has 0 spiro atoms. The van der Waals surface area contributed by atoms with Gasteiger partial charge in [0.15, 0.2) is 11.1 Å². The average Bonchev–Trinajstić information content (AvgIpc) is 2.81. The van der Waals surface area contributed by atoms with Gasteiger partial charge >= 0.3 is 0 Å². The third kappa shape index (κ3) is 2.17. The molecule has 2 nitrogen and oxygen atoms in total. The van der Waals surface area contributed by atoms with Gasteiger partial charge in [-0.2, -0.15) is 0 Å². The van der Waals surface area contributed by atoms with E-state index in [1.54, 1.807) is 11.3 Å². The zero-order valence-corrected chi connectivity index (χ0v) is 9.81. The molecule has 1 aromatic carbocycles. The summed E-state index contributed by atoms with van der Waals surface area (Å²) in [6.07, 6.45) is 0. The Labute approximate surface area is 95.2 Å². The highest BCUT2D eigenvalue weighted by Gasteiger charge is 2.10. The maximum absolute atomic E-state index is 11.6. The maximum Gasteiger partial charge on any atom is 0.189 e. The minimum Gasteiger partial charge on any atom is -0.290 e. The predicted octanol–water partition coefficient (Wildman–Crippen LogP) is 3.08. The van der Waals surface area contributed by atoms with Crippen molar-refractivity contribution in [1.82, 2.24) is 0 Å². The van der Waals surface area contributed by atoms with Crippen LogP contribution in [0.3, 0.4) is 0 Å². The van der Waals surface area contributed by atoms with E-state index >= 15 is 0 Å². The highest BCUT2D eigenvalue weighted by Crippen LogP contribution is 2.29. The molecule has 1 unspecified atom stereocenters. The topological polar surface area (TPSA) is 26.3 Å². The first-order chi connectivity index (χ1) is 7.33. The number of hydrogen-bond acceptors (Lipinski definition) is 3. The van der Waals surface area contributed by atoms with E-state index in [1.165, 1.54) is 7.11 Å². The lowest BCUT2D eigenvalue weighted by molar-refractivity contribution is 0.446. The molecule has 1 heterocycles. The zero-order chi connectivity index (χ0) is 10.7. The smallest absolute Gasteiger partial charge is 0.189 e. The highest BCUT2D eigenvalue weighted by atomic mass is 32.2. The second-order valence-electron chi connectivity index (χ2n) is 2.87. The van der Waals surface area contributed by atoms with Crippen molar-refractivity contribution in [2.75, 3.05) is 7.11 Å². The molecule has 1 atom stereocenters. The molecule has 0 amide bonds. The standard InChI is InChI=1S/C11H10O2S2/c1-13-15(12)11-7-3-2-5-9(11)10-6-4-8-14-10/h2-8H,1H3. The van der Waals surface area contributed by atoms with E-state index < -0.39 is 11.1 Å². The highest BCUT2D eigenvalue weighted by molar-refractivity contribution is 7.80. The molecule has 0 aliphatic rings. The van der Waals surface area contributed by atoms with Crippen LogP contribution in [-0.2, 0) is 15.3 Å². The molecule has 0 saturated heterocycles. The molecule has 0 aliphatic heterocycles. The Morgan fingerprint density at radius 1 is 1.20 bits per heavy atom. The van der Waals surface area contributed by atoms with Crippen LogP contribution >= 0.6 is 11.3 Å². The number of thiophene rings is 1. The Morgan fingerprint density at radius 3 is 2.67 bits per heavy atom. The summed E-state index contributed by atoms with van der Waals surface area (Å²) in [6.45, 7) is 0. The van der Waals surface area contributed by atoms with Crippen LogP contribution in [0.15, 0.2) is 46.7 Å². The molecular formula is C11H10O2S2. The maximum atomic E-state index is 11.6. The molecule has 0 radical (unpaired) electrons. The second-order valence-corrected chi connectivity index (χ2v) is 5.07. The van der Waals surface area contributed by atoms with Crippen LogP contribution < -0.4 is 0 Å². The molecule has 0 aliphatic carbocycles. The van der Waals surface area contributed by atoms with Gasteiger partial charge in [0.1, 0.15) is 0 Å². The summed E-state index contributed by atoms with van der Waals surface area (Å²) in [5.41, 5.74) is 0.979. The number of rotatable bonds is 3. The molecule has 78 valence electrons. The fourth-order valence-electron chi connectivity index (χ4n) is 1.34. The third-order valence-corrected chi connectivity index (χ3v) is 3.93. The zero-order valence-electron chi connectivity index (χ0n) is 8.17. The lowest BCUT2D eigenvalue weighted by Crippen LogP contribution is -1.95. The Morgan fingerprint density at radius 2 is 2.00 bits per heavy atom.